The number of rotatable bonds is 8. The van der Waals surface area contributed by atoms with Gasteiger partial charge in [0.25, 0.3) is 0 Å². The van der Waals surface area contributed by atoms with Gasteiger partial charge in [0.15, 0.2) is 5.76 Å². The van der Waals surface area contributed by atoms with E-state index in [1.54, 1.807) is 37.5 Å². The van der Waals surface area contributed by atoms with Crippen molar-refractivity contribution >= 4 is 15.7 Å². The minimum absolute atomic E-state index is 0.249. The van der Waals surface area contributed by atoms with Crippen LogP contribution in [-0.4, -0.2) is 70.9 Å². The van der Waals surface area contributed by atoms with Crippen molar-refractivity contribution in [2.24, 2.45) is 0 Å². The Balaban J connectivity index is 1.77. The minimum atomic E-state index is -3.53. The van der Waals surface area contributed by atoms with Gasteiger partial charge in [-0.15, -0.1) is 0 Å². The average Bonchev–Trinajstić information content (AvgIpc) is 3.22. The number of hydrogen-bond acceptors (Lipinski definition) is 6. The smallest absolute Gasteiger partial charge is 0.242 e. The van der Waals surface area contributed by atoms with E-state index in [1.165, 1.54) is 4.31 Å². The van der Waals surface area contributed by atoms with Gasteiger partial charge in [0.05, 0.1) is 11.1 Å². The Bertz CT molecular complexity index is 1070. The highest BCUT2D eigenvalue weighted by Gasteiger charge is 2.21. The SMILES string of the molecule is CN(C)CCN(C)S(=O)(=O)c1ccc(-c2ncc(-c3ccc(N(C)C)cc3)o2)cc1. The Morgan fingerprint density at radius 1 is 0.833 bits per heavy atom. The van der Waals surface area contributed by atoms with Gasteiger partial charge >= 0.3 is 0 Å². The molecule has 0 saturated carbocycles. The zero-order chi connectivity index (χ0) is 21.9. The quantitative estimate of drug-likeness (QED) is 0.549. The van der Waals surface area contributed by atoms with Crippen LogP contribution >= 0.6 is 0 Å². The third-order valence-electron chi connectivity index (χ3n) is 4.85. The molecule has 0 aliphatic heterocycles. The summed E-state index contributed by atoms with van der Waals surface area (Å²) in [7, 11) is 5.87. The lowest BCUT2D eigenvalue weighted by atomic mass is 10.1. The molecule has 7 nitrogen and oxygen atoms in total. The normalized spacial score (nSPS) is 12.0. The molecular formula is C22H28N4O3S. The fraction of sp³-hybridized carbons (Fsp3) is 0.318. The van der Waals surface area contributed by atoms with E-state index in [-0.39, 0.29) is 4.90 Å². The van der Waals surface area contributed by atoms with Crippen molar-refractivity contribution in [2.75, 3.05) is 53.2 Å². The average molecular weight is 429 g/mol. The molecule has 0 spiro atoms. The monoisotopic (exact) mass is 428 g/mol. The molecule has 0 aliphatic carbocycles. The van der Waals surface area contributed by atoms with E-state index in [1.807, 2.05) is 62.3 Å². The van der Waals surface area contributed by atoms with E-state index in [2.05, 4.69) is 4.98 Å². The molecule has 0 amide bonds. The molecule has 3 rings (SSSR count). The predicted molar refractivity (Wildman–Crippen MR) is 120 cm³/mol. The van der Waals surface area contributed by atoms with Crippen molar-refractivity contribution in [2.45, 2.75) is 4.90 Å². The summed E-state index contributed by atoms with van der Waals surface area (Å²) in [5, 5.41) is 0. The van der Waals surface area contributed by atoms with Crippen LogP contribution in [0.2, 0.25) is 0 Å². The molecule has 8 heteroatoms. The minimum Gasteiger partial charge on any atom is -0.436 e. The number of hydrogen-bond donors (Lipinski definition) is 0. The molecule has 1 heterocycles. The summed E-state index contributed by atoms with van der Waals surface area (Å²) in [5.74, 6) is 1.11. The highest BCUT2D eigenvalue weighted by atomic mass is 32.2. The largest absolute Gasteiger partial charge is 0.436 e. The van der Waals surface area contributed by atoms with E-state index in [9.17, 15) is 8.42 Å². The van der Waals surface area contributed by atoms with Gasteiger partial charge in [-0.3, -0.25) is 0 Å². The molecule has 0 saturated heterocycles. The molecule has 0 radical (unpaired) electrons. The van der Waals surface area contributed by atoms with Crippen molar-refractivity contribution in [3.05, 3.63) is 54.7 Å². The molecule has 0 N–H and O–H groups in total. The van der Waals surface area contributed by atoms with Gasteiger partial charge in [-0.05, 0) is 62.6 Å². The summed E-state index contributed by atoms with van der Waals surface area (Å²) < 4.78 is 32.7. The molecule has 160 valence electrons. The molecule has 0 fully saturated rings. The number of anilines is 1. The Morgan fingerprint density at radius 2 is 1.43 bits per heavy atom. The molecule has 0 unspecified atom stereocenters. The van der Waals surface area contributed by atoms with E-state index in [0.717, 1.165) is 16.8 Å². The van der Waals surface area contributed by atoms with Crippen LogP contribution in [0.15, 0.2) is 64.0 Å². The molecular weight excluding hydrogens is 400 g/mol. The van der Waals surface area contributed by atoms with Crippen molar-refractivity contribution < 1.29 is 12.8 Å². The number of aromatic nitrogens is 1. The van der Waals surface area contributed by atoms with Gasteiger partial charge < -0.3 is 14.2 Å². The Morgan fingerprint density at radius 3 is 2.00 bits per heavy atom. The Hall–Kier alpha value is -2.68. The van der Waals surface area contributed by atoms with Gasteiger partial charge in [-0.2, -0.15) is 4.31 Å². The van der Waals surface area contributed by atoms with E-state index < -0.39 is 10.0 Å². The number of sulfonamides is 1. The van der Waals surface area contributed by atoms with Crippen LogP contribution < -0.4 is 4.90 Å². The van der Waals surface area contributed by atoms with Gasteiger partial charge in [0.2, 0.25) is 15.9 Å². The van der Waals surface area contributed by atoms with Crippen LogP contribution in [0, 0.1) is 0 Å². The standard InChI is InChI=1S/C22H28N4O3S/c1-24(2)14-15-26(5)30(27,28)20-12-8-18(9-13-20)22-23-16-21(29-22)17-6-10-19(11-7-17)25(3)4/h6-13,16H,14-15H2,1-5H3. The Labute approximate surface area is 178 Å². The molecule has 0 bridgehead atoms. The van der Waals surface area contributed by atoms with Gasteiger partial charge in [0, 0.05) is 51.0 Å². The molecule has 0 atom stereocenters. The van der Waals surface area contributed by atoms with Crippen LogP contribution in [0.25, 0.3) is 22.8 Å². The lowest BCUT2D eigenvalue weighted by molar-refractivity contribution is 0.358. The zero-order valence-electron chi connectivity index (χ0n) is 18.0. The summed E-state index contributed by atoms with van der Waals surface area (Å²) in [6.07, 6.45) is 1.68. The molecule has 1 aromatic heterocycles. The summed E-state index contributed by atoms with van der Waals surface area (Å²) in [6, 6.07) is 14.6. The summed E-state index contributed by atoms with van der Waals surface area (Å²) in [5.41, 5.74) is 2.76. The third-order valence-corrected chi connectivity index (χ3v) is 6.72. The second-order valence-electron chi connectivity index (χ2n) is 7.63. The van der Waals surface area contributed by atoms with Crippen LogP contribution in [0.3, 0.4) is 0 Å². The van der Waals surface area contributed by atoms with Crippen LogP contribution in [0.4, 0.5) is 5.69 Å². The lowest BCUT2D eigenvalue weighted by Gasteiger charge is -2.19. The summed E-state index contributed by atoms with van der Waals surface area (Å²) in [4.78, 5) is 8.58. The first kappa shape index (κ1) is 22.0. The number of benzene rings is 2. The Kier molecular flexibility index (Phi) is 6.60. The first-order chi connectivity index (χ1) is 14.2. The molecule has 2 aromatic carbocycles. The van der Waals surface area contributed by atoms with Crippen molar-refractivity contribution in [3.8, 4) is 22.8 Å². The molecule has 3 aromatic rings. The fourth-order valence-corrected chi connectivity index (χ4v) is 4.04. The summed E-state index contributed by atoms with van der Waals surface area (Å²) >= 11 is 0. The van der Waals surface area contributed by atoms with Gasteiger partial charge in [-0.25, -0.2) is 13.4 Å². The van der Waals surface area contributed by atoms with E-state index in [0.29, 0.717) is 24.7 Å². The fourth-order valence-electron chi connectivity index (χ4n) is 2.88. The number of oxazole rings is 1. The zero-order valence-corrected chi connectivity index (χ0v) is 18.8. The van der Waals surface area contributed by atoms with Crippen molar-refractivity contribution in [3.63, 3.8) is 0 Å². The van der Waals surface area contributed by atoms with Crippen molar-refractivity contribution in [1.29, 1.82) is 0 Å². The maximum atomic E-state index is 12.7. The second kappa shape index (κ2) is 8.99. The summed E-state index contributed by atoms with van der Waals surface area (Å²) in [6.45, 7) is 1.08. The number of likely N-dealkylation sites (N-methyl/N-ethyl adjacent to an activating group) is 2. The highest BCUT2D eigenvalue weighted by Crippen LogP contribution is 2.28. The van der Waals surface area contributed by atoms with E-state index in [4.69, 9.17) is 4.42 Å². The topological polar surface area (TPSA) is 69.9 Å². The third kappa shape index (κ3) is 4.89. The first-order valence-electron chi connectivity index (χ1n) is 9.63. The van der Waals surface area contributed by atoms with Crippen LogP contribution in [0.5, 0.6) is 0 Å². The van der Waals surface area contributed by atoms with Gasteiger partial charge in [0.1, 0.15) is 0 Å². The van der Waals surface area contributed by atoms with E-state index >= 15 is 0 Å². The molecule has 30 heavy (non-hydrogen) atoms. The predicted octanol–water partition coefficient (Wildman–Crippen LogP) is 3.26. The van der Waals surface area contributed by atoms with Crippen LogP contribution in [-0.2, 0) is 10.0 Å². The maximum absolute atomic E-state index is 12.7. The lowest BCUT2D eigenvalue weighted by Crippen LogP contribution is -2.33. The molecule has 0 aliphatic rings. The van der Waals surface area contributed by atoms with Crippen molar-refractivity contribution in [1.82, 2.24) is 14.2 Å². The van der Waals surface area contributed by atoms with Gasteiger partial charge in [-0.1, -0.05) is 0 Å². The number of nitrogens with zero attached hydrogens (tertiary/aromatic N) is 4. The highest BCUT2D eigenvalue weighted by molar-refractivity contribution is 7.89. The first-order valence-corrected chi connectivity index (χ1v) is 11.1. The van der Waals surface area contributed by atoms with Crippen LogP contribution in [0.1, 0.15) is 0 Å². The maximum Gasteiger partial charge on any atom is 0.242 e. The second-order valence-corrected chi connectivity index (χ2v) is 9.67.